The Labute approximate surface area is 169 Å². The van der Waals surface area contributed by atoms with E-state index in [4.69, 9.17) is 0 Å². The molecule has 0 spiro atoms. The zero-order valence-corrected chi connectivity index (χ0v) is 16.1. The second-order valence-corrected chi connectivity index (χ2v) is 7.84. The fourth-order valence-electron chi connectivity index (χ4n) is 3.42. The average molecular weight is 420 g/mol. The van der Waals surface area contributed by atoms with Crippen LogP contribution in [-0.4, -0.2) is 28.4 Å². The smallest absolute Gasteiger partial charge is 0.363 e. The molecule has 2 aromatic heterocycles. The van der Waals surface area contributed by atoms with Gasteiger partial charge >= 0.3 is 6.18 Å². The highest BCUT2D eigenvalue weighted by Gasteiger charge is 2.47. The van der Waals surface area contributed by atoms with Gasteiger partial charge < -0.3 is 10.6 Å². The van der Waals surface area contributed by atoms with Crippen LogP contribution in [0, 0.1) is 0 Å². The maximum atomic E-state index is 13.6. The first-order valence-electron chi connectivity index (χ1n) is 9.20. The van der Waals surface area contributed by atoms with Crippen LogP contribution in [0.5, 0.6) is 0 Å². The molecule has 4 rings (SSSR count). The monoisotopic (exact) mass is 420 g/mol. The molecule has 0 bridgehead atoms. The molecule has 2 atom stereocenters. The number of nitrogens with zero attached hydrogens (tertiary/aromatic N) is 2. The summed E-state index contributed by atoms with van der Waals surface area (Å²) in [6.07, 6.45) is -4.00. The van der Waals surface area contributed by atoms with Crippen molar-refractivity contribution >= 4 is 23.1 Å². The average Bonchev–Trinajstić information content (AvgIpc) is 3.37. The predicted molar refractivity (Wildman–Crippen MR) is 105 cm³/mol. The molecule has 1 amide bonds. The second kappa shape index (κ2) is 7.90. The van der Waals surface area contributed by atoms with Crippen LogP contribution in [0.2, 0.25) is 0 Å². The number of amides is 1. The van der Waals surface area contributed by atoms with Crippen LogP contribution in [0.4, 0.5) is 19.0 Å². The third kappa shape index (κ3) is 4.29. The third-order valence-corrected chi connectivity index (χ3v) is 5.84. The molecule has 152 valence electrons. The topological polar surface area (TPSA) is 59.0 Å². The van der Waals surface area contributed by atoms with Gasteiger partial charge in [-0.25, -0.2) is 4.68 Å². The molecule has 2 N–H and O–H groups in total. The van der Waals surface area contributed by atoms with E-state index in [9.17, 15) is 18.0 Å². The number of nitrogens with one attached hydrogen (secondary N) is 2. The fourth-order valence-corrected chi connectivity index (χ4v) is 4.21. The van der Waals surface area contributed by atoms with Gasteiger partial charge in [0.25, 0.3) is 5.91 Å². The van der Waals surface area contributed by atoms with Gasteiger partial charge in [0.1, 0.15) is 5.82 Å². The Morgan fingerprint density at radius 2 is 2.03 bits per heavy atom. The van der Waals surface area contributed by atoms with Gasteiger partial charge in [0.15, 0.2) is 11.7 Å². The molecule has 1 aromatic carbocycles. The summed E-state index contributed by atoms with van der Waals surface area (Å²) in [7, 11) is 0. The number of carbonyl (C=O) groups is 1. The highest BCUT2D eigenvalue weighted by Crippen LogP contribution is 2.44. The number of aromatic nitrogens is 2. The van der Waals surface area contributed by atoms with E-state index in [-0.39, 0.29) is 17.9 Å². The number of benzene rings is 1. The Bertz CT molecular complexity index is 970. The van der Waals surface area contributed by atoms with Crippen molar-refractivity contribution in [2.24, 2.45) is 0 Å². The van der Waals surface area contributed by atoms with E-state index in [1.807, 2.05) is 41.8 Å². The lowest BCUT2D eigenvalue weighted by Crippen LogP contribution is -2.35. The summed E-state index contributed by atoms with van der Waals surface area (Å²) in [5.41, 5.74) is 1.04. The number of hydrogen-bond acceptors (Lipinski definition) is 4. The van der Waals surface area contributed by atoms with Crippen molar-refractivity contribution in [2.75, 3.05) is 11.9 Å². The molecule has 5 nitrogen and oxygen atoms in total. The van der Waals surface area contributed by atoms with Crippen LogP contribution in [0.15, 0.2) is 53.9 Å². The minimum absolute atomic E-state index is 0.0263. The van der Waals surface area contributed by atoms with Crippen molar-refractivity contribution in [3.05, 3.63) is 70.0 Å². The Morgan fingerprint density at radius 1 is 1.24 bits per heavy atom. The van der Waals surface area contributed by atoms with E-state index < -0.39 is 24.2 Å². The number of anilines is 1. The van der Waals surface area contributed by atoms with Crippen molar-refractivity contribution in [3.63, 3.8) is 0 Å². The molecular formula is C20H19F3N4OS. The predicted octanol–water partition coefficient (Wildman–Crippen LogP) is 4.58. The molecule has 0 aliphatic carbocycles. The zero-order chi connectivity index (χ0) is 20.4. The molecule has 1 aliphatic rings. The number of alkyl halides is 3. The first kappa shape index (κ1) is 19.5. The molecule has 9 heteroatoms. The van der Waals surface area contributed by atoms with E-state index in [0.717, 1.165) is 15.1 Å². The van der Waals surface area contributed by atoms with Gasteiger partial charge in [-0.15, -0.1) is 11.3 Å². The van der Waals surface area contributed by atoms with Crippen LogP contribution in [0.3, 0.4) is 0 Å². The van der Waals surface area contributed by atoms with Gasteiger partial charge in [-0.05, 0) is 23.4 Å². The molecule has 3 aromatic rings. The second-order valence-electron chi connectivity index (χ2n) is 6.86. The van der Waals surface area contributed by atoms with Crippen LogP contribution in [0.25, 0.3) is 0 Å². The van der Waals surface area contributed by atoms with Crippen molar-refractivity contribution < 1.29 is 18.0 Å². The molecule has 0 saturated heterocycles. The van der Waals surface area contributed by atoms with E-state index in [1.165, 1.54) is 17.4 Å². The standard InChI is InChI=1S/C20H19F3N4OS/c21-20(22,23)17-11-14(16-7-4-10-29-16)25-18-12-15(26-27(17)18)19(28)24-9-8-13-5-2-1-3-6-13/h1-7,10,12,14,17,25H,8-9,11H2,(H,24,28)/t14-,17+/m1/s1. The number of halogens is 3. The zero-order valence-electron chi connectivity index (χ0n) is 15.3. The van der Waals surface area contributed by atoms with Crippen LogP contribution in [0.1, 0.15) is 39.4 Å². The Morgan fingerprint density at radius 3 is 2.72 bits per heavy atom. The molecule has 0 fully saturated rings. The van der Waals surface area contributed by atoms with Gasteiger partial charge in [-0.2, -0.15) is 18.3 Å². The molecule has 0 unspecified atom stereocenters. The Hall–Kier alpha value is -2.81. The summed E-state index contributed by atoms with van der Waals surface area (Å²) >= 11 is 1.40. The quantitative estimate of drug-likeness (QED) is 0.635. The number of carbonyl (C=O) groups excluding carboxylic acids is 1. The molecular weight excluding hydrogens is 401 g/mol. The first-order chi connectivity index (χ1) is 13.9. The van der Waals surface area contributed by atoms with Crippen molar-refractivity contribution in [3.8, 4) is 0 Å². The first-order valence-corrected chi connectivity index (χ1v) is 10.1. The van der Waals surface area contributed by atoms with E-state index in [0.29, 0.717) is 13.0 Å². The fraction of sp³-hybridized carbons (Fsp3) is 0.300. The van der Waals surface area contributed by atoms with Gasteiger partial charge in [0, 0.05) is 23.9 Å². The van der Waals surface area contributed by atoms with Gasteiger partial charge in [0.05, 0.1) is 6.04 Å². The number of fused-ring (bicyclic) bond motifs is 1. The SMILES string of the molecule is O=C(NCCc1ccccc1)c1cc2n(n1)[C@H](C(F)(F)F)C[C@H](c1cccs1)N2. The van der Waals surface area contributed by atoms with Crippen LogP contribution >= 0.6 is 11.3 Å². The van der Waals surface area contributed by atoms with Gasteiger partial charge in [-0.1, -0.05) is 36.4 Å². The minimum Gasteiger partial charge on any atom is -0.363 e. The maximum Gasteiger partial charge on any atom is 0.410 e. The van der Waals surface area contributed by atoms with Crippen molar-refractivity contribution in [1.82, 2.24) is 15.1 Å². The minimum atomic E-state index is -4.46. The number of thiophene rings is 1. The van der Waals surface area contributed by atoms with Crippen molar-refractivity contribution in [1.29, 1.82) is 0 Å². The summed E-state index contributed by atoms with van der Waals surface area (Å²) < 4.78 is 41.8. The summed E-state index contributed by atoms with van der Waals surface area (Å²) in [5.74, 6) is -0.289. The summed E-state index contributed by atoms with van der Waals surface area (Å²) in [6, 6.07) is 12.4. The van der Waals surface area contributed by atoms with Crippen LogP contribution in [-0.2, 0) is 6.42 Å². The van der Waals surface area contributed by atoms with E-state index in [2.05, 4.69) is 15.7 Å². The van der Waals surface area contributed by atoms with Crippen molar-refractivity contribution in [2.45, 2.75) is 31.1 Å². The highest BCUT2D eigenvalue weighted by atomic mass is 32.1. The van der Waals surface area contributed by atoms with Gasteiger partial charge in [-0.3, -0.25) is 4.79 Å². The largest absolute Gasteiger partial charge is 0.410 e. The Balaban J connectivity index is 1.50. The number of hydrogen-bond donors (Lipinski definition) is 2. The Kier molecular flexibility index (Phi) is 5.31. The lowest BCUT2D eigenvalue weighted by molar-refractivity contribution is -0.173. The summed E-state index contributed by atoms with van der Waals surface area (Å²) in [6.45, 7) is 0.374. The normalized spacial score (nSPS) is 18.7. The summed E-state index contributed by atoms with van der Waals surface area (Å²) in [4.78, 5) is 13.2. The lowest BCUT2D eigenvalue weighted by atomic mass is 10.0. The molecule has 1 aliphatic heterocycles. The summed E-state index contributed by atoms with van der Waals surface area (Å²) in [5, 5.41) is 11.6. The molecule has 0 radical (unpaired) electrons. The third-order valence-electron chi connectivity index (χ3n) is 4.85. The molecule has 29 heavy (non-hydrogen) atoms. The molecule has 3 heterocycles. The maximum absolute atomic E-state index is 13.6. The lowest BCUT2D eigenvalue weighted by Gasteiger charge is -2.32. The number of rotatable bonds is 5. The molecule has 0 saturated carbocycles. The van der Waals surface area contributed by atoms with E-state index >= 15 is 0 Å². The van der Waals surface area contributed by atoms with Crippen LogP contribution < -0.4 is 10.6 Å². The van der Waals surface area contributed by atoms with Gasteiger partial charge in [0.2, 0.25) is 0 Å². The highest BCUT2D eigenvalue weighted by molar-refractivity contribution is 7.10. The van der Waals surface area contributed by atoms with E-state index in [1.54, 1.807) is 6.07 Å².